The van der Waals surface area contributed by atoms with Gasteiger partial charge in [0.05, 0.1) is 17.1 Å². The number of hydrogen-bond acceptors (Lipinski definition) is 2. The van der Waals surface area contributed by atoms with Crippen molar-refractivity contribution in [3.05, 3.63) is 30.1 Å². The molecule has 2 N–H and O–H groups in total. The van der Waals surface area contributed by atoms with E-state index in [2.05, 4.69) is 22.2 Å². The van der Waals surface area contributed by atoms with Crippen LogP contribution in [0.1, 0.15) is 25.2 Å². The number of para-hydroxylation sites is 2. The van der Waals surface area contributed by atoms with Gasteiger partial charge in [-0.2, -0.15) is 0 Å². The molecule has 1 heterocycles. The topological polar surface area (TPSA) is 40.7 Å². The van der Waals surface area contributed by atoms with E-state index in [0.717, 1.165) is 23.3 Å². The van der Waals surface area contributed by atoms with Crippen LogP contribution in [0.2, 0.25) is 0 Å². The normalized spacial score (nSPS) is 13.3. The fourth-order valence-electron chi connectivity index (χ4n) is 1.67. The van der Waals surface area contributed by atoms with E-state index in [4.69, 9.17) is 0 Å². The third-order valence-electron chi connectivity index (χ3n) is 2.49. The highest BCUT2D eigenvalue weighted by Crippen LogP contribution is 2.17. The van der Waals surface area contributed by atoms with Gasteiger partial charge in [-0.25, -0.2) is 4.98 Å². The van der Waals surface area contributed by atoms with Crippen LogP contribution in [-0.2, 0) is 0 Å². The van der Waals surface area contributed by atoms with Crippen LogP contribution in [0, 0.1) is 0 Å². The lowest BCUT2D eigenvalue weighted by atomic mass is 10.2. The molecule has 1 unspecified atom stereocenters. The van der Waals surface area contributed by atoms with Gasteiger partial charge in [-0.05, 0) is 25.6 Å². The maximum Gasteiger partial charge on any atom is 0.124 e. The first-order valence-corrected chi connectivity index (χ1v) is 4.97. The van der Waals surface area contributed by atoms with Crippen LogP contribution >= 0.6 is 0 Å². The van der Waals surface area contributed by atoms with Crippen LogP contribution in [-0.4, -0.2) is 17.0 Å². The summed E-state index contributed by atoms with van der Waals surface area (Å²) in [5.41, 5.74) is 2.15. The zero-order valence-electron chi connectivity index (χ0n) is 8.54. The van der Waals surface area contributed by atoms with Crippen molar-refractivity contribution < 1.29 is 0 Å². The molecule has 3 nitrogen and oxygen atoms in total. The second-order valence-electron chi connectivity index (χ2n) is 3.39. The first-order chi connectivity index (χ1) is 6.85. The van der Waals surface area contributed by atoms with Gasteiger partial charge in [0, 0.05) is 0 Å². The van der Waals surface area contributed by atoms with Gasteiger partial charge in [0.1, 0.15) is 5.82 Å². The second kappa shape index (κ2) is 3.80. The lowest BCUT2D eigenvalue weighted by Gasteiger charge is -2.09. The maximum atomic E-state index is 4.54. The van der Waals surface area contributed by atoms with Crippen LogP contribution in [0.4, 0.5) is 0 Å². The molecule has 0 saturated heterocycles. The minimum atomic E-state index is 0.322. The van der Waals surface area contributed by atoms with Gasteiger partial charge < -0.3 is 10.3 Å². The number of rotatable bonds is 3. The lowest BCUT2D eigenvalue weighted by Crippen LogP contribution is -2.16. The third-order valence-corrected chi connectivity index (χ3v) is 2.49. The summed E-state index contributed by atoms with van der Waals surface area (Å²) in [6.45, 7) is 2.15. The van der Waals surface area contributed by atoms with Crippen molar-refractivity contribution >= 4 is 11.0 Å². The van der Waals surface area contributed by atoms with Gasteiger partial charge in [-0.3, -0.25) is 0 Å². The van der Waals surface area contributed by atoms with Gasteiger partial charge in [-0.1, -0.05) is 19.1 Å². The Morgan fingerprint density at radius 2 is 2.21 bits per heavy atom. The molecule has 0 fully saturated rings. The first-order valence-electron chi connectivity index (χ1n) is 4.97. The molecule has 0 aliphatic rings. The van der Waals surface area contributed by atoms with Crippen molar-refractivity contribution in [2.24, 2.45) is 0 Å². The van der Waals surface area contributed by atoms with E-state index in [-0.39, 0.29) is 0 Å². The highest BCUT2D eigenvalue weighted by atomic mass is 15.0. The number of nitrogens with zero attached hydrogens (tertiary/aromatic N) is 1. The summed E-state index contributed by atoms with van der Waals surface area (Å²) in [7, 11) is 1.96. The molecule has 3 heteroatoms. The smallest absolute Gasteiger partial charge is 0.124 e. The van der Waals surface area contributed by atoms with E-state index < -0.39 is 0 Å². The number of aromatic amines is 1. The molecular formula is C11H15N3. The van der Waals surface area contributed by atoms with E-state index in [1.807, 2.05) is 31.3 Å². The Morgan fingerprint density at radius 3 is 2.86 bits per heavy atom. The van der Waals surface area contributed by atoms with Gasteiger partial charge in [0.15, 0.2) is 0 Å². The van der Waals surface area contributed by atoms with Gasteiger partial charge in [-0.15, -0.1) is 0 Å². The van der Waals surface area contributed by atoms with Crippen LogP contribution in [0.5, 0.6) is 0 Å². The number of benzene rings is 1. The Morgan fingerprint density at radius 1 is 1.43 bits per heavy atom. The molecule has 0 bridgehead atoms. The average Bonchev–Trinajstić information content (AvgIpc) is 2.63. The van der Waals surface area contributed by atoms with Crippen LogP contribution in [0.15, 0.2) is 24.3 Å². The largest absolute Gasteiger partial charge is 0.341 e. The minimum absolute atomic E-state index is 0.322. The van der Waals surface area contributed by atoms with E-state index in [0.29, 0.717) is 6.04 Å². The number of aromatic nitrogens is 2. The monoisotopic (exact) mass is 189 g/mol. The fourth-order valence-corrected chi connectivity index (χ4v) is 1.67. The highest BCUT2D eigenvalue weighted by Gasteiger charge is 2.10. The highest BCUT2D eigenvalue weighted by molar-refractivity contribution is 5.74. The van der Waals surface area contributed by atoms with Crippen molar-refractivity contribution in [3.8, 4) is 0 Å². The number of nitrogens with one attached hydrogen (secondary N) is 2. The Kier molecular flexibility index (Phi) is 2.50. The zero-order chi connectivity index (χ0) is 9.97. The molecule has 74 valence electrons. The molecule has 1 aromatic heterocycles. The van der Waals surface area contributed by atoms with Gasteiger partial charge in [0.2, 0.25) is 0 Å². The Labute approximate surface area is 83.6 Å². The molecule has 0 radical (unpaired) electrons. The van der Waals surface area contributed by atoms with Crippen molar-refractivity contribution in [1.29, 1.82) is 0 Å². The zero-order valence-corrected chi connectivity index (χ0v) is 8.54. The molecule has 0 saturated carbocycles. The van der Waals surface area contributed by atoms with Crippen molar-refractivity contribution in [2.75, 3.05) is 7.05 Å². The molecule has 0 amide bonds. The third kappa shape index (κ3) is 1.51. The quantitative estimate of drug-likeness (QED) is 0.777. The summed E-state index contributed by atoms with van der Waals surface area (Å²) >= 11 is 0. The lowest BCUT2D eigenvalue weighted by molar-refractivity contribution is 0.551. The molecule has 1 aromatic carbocycles. The molecule has 1 atom stereocenters. The molecule has 2 aromatic rings. The van der Waals surface area contributed by atoms with Crippen molar-refractivity contribution in [2.45, 2.75) is 19.4 Å². The summed E-state index contributed by atoms with van der Waals surface area (Å²) in [6.07, 6.45) is 1.04. The van der Waals surface area contributed by atoms with Crippen LogP contribution in [0.25, 0.3) is 11.0 Å². The van der Waals surface area contributed by atoms with Gasteiger partial charge >= 0.3 is 0 Å². The molecular weight excluding hydrogens is 174 g/mol. The van der Waals surface area contributed by atoms with Crippen LogP contribution < -0.4 is 5.32 Å². The summed E-state index contributed by atoms with van der Waals surface area (Å²) in [5, 5.41) is 3.24. The summed E-state index contributed by atoms with van der Waals surface area (Å²) < 4.78 is 0. The Hall–Kier alpha value is -1.35. The summed E-state index contributed by atoms with van der Waals surface area (Å²) in [6, 6.07) is 8.42. The Balaban J connectivity index is 2.43. The standard InChI is InChI=1S/C11H15N3/c1-3-8(12-2)11-13-9-6-4-5-7-10(9)14-11/h4-8,12H,3H2,1-2H3,(H,13,14). The maximum absolute atomic E-state index is 4.54. The number of hydrogen-bond donors (Lipinski definition) is 2. The van der Waals surface area contributed by atoms with E-state index >= 15 is 0 Å². The second-order valence-corrected chi connectivity index (χ2v) is 3.39. The molecule has 0 aliphatic carbocycles. The fraction of sp³-hybridized carbons (Fsp3) is 0.364. The molecule has 0 aliphatic heterocycles. The predicted octanol–water partition coefficient (Wildman–Crippen LogP) is 2.23. The van der Waals surface area contributed by atoms with Crippen LogP contribution in [0.3, 0.4) is 0 Å². The number of fused-ring (bicyclic) bond motifs is 1. The average molecular weight is 189 g/mol. The minimum Gasteiger partial charge on any atom is -0.341 e. The molecule has 0 spiro atoms. The van der Waals surface area contributed by atoms with E-state index in [1.165, 1.54) is 0 Å². The molecule has 14 heavy (non-hydrogen) atoms. The summed E-state index contributed by atoms with van der Waals surface area (Å²) in [4.78, 5) is 7.86. The predicted molar refractivity (Wildman–Crippen MR) is 58.2 cm³/mol. The Bertz CT molecular complexity index is 382. The summed E-state index contributed by atoms with van der Waals surface area (Å²) in [5.74, 6) is 1.02. The van der Waals surface area contributed by atoms with E-state index in [9.17, 15) is 0 Å². The van der Waals surface area contributed by atoms with E-state index in [1.54, 1.807) is 0 Å². The molecule has 2 rings (SSSR count). The first kappa shape index (κ1) is 9.21. The number of H-pyrrole nitrogens is 1. The SMILES string of the molecule is CCC(NC)c1nc2ccccc2[nH]1. The van der Waals surface area contributed by atoms with Crippen molar-refractivity contribution in [3.63, 3.8) is 0 Å². The van der Waals surface area contributed by atoms with Gasteiger partial charge in [0.25, 0.3) is 0 Å². The van der Waals surface area contributed by atoms with Crippen molar-refractivity contribution in [1.82, 2.24) is 15.3 Å². The number of imidazole rings is 1.